The Labute approximate surface area is 171 Å². The van der Waals surface area contributed by atoms with E-state index in [2.05, 4.69) is 10.3 Å². The number of anilines is 1. The summed E-state index contributed by atoms with van der Waals surface area (Å²) >= 11 is 5.92. The fraction of sp³-hybridized carbons (Fsp3) is 0.217. The molecule has 0 saturated heterocycles. The molecule has 1 N–H and O–H groups in total. The van der Waals surface area contributed by atoms with Crippen LogP contribution in [0.5, 0.6) is 0 Å². The van der Waals surface area contributed by atoms with Crippen molar-refractivity contribution < 1.29 is 4.79 Å². The molecule has 0 aliphatic carbocycles. The third kappa shape index (κ3) is 5.57. The van der Waals surface area contributed by atoms with Crippen molar-refractivity contribution in [1.82, 2.24) is 9.88 Å². The summed E-state index contributed by atoms with van der Waals surface area (Å²) in [5, 5.41) is 4.03. The van der Waals surface area contributed by atoms with Crippen molar-refractivity contribution in [2.24, 2.45) is 0 Å². The molecule has 0 bridgehead atoms. The zero-order valence-electron chi connectivity index (χ0n) is 15.9. The van der Waals surface area contributed by atoms with Crippen LogP contribution in [-0.4, -0.2) is 28.9 Å². The maximum atomic E-state index is 12.9. The van der Waals surface area contributed by atoms with Crippen LogP contribution in [0.2, 0.25) is 5.02 Å². The van der Waals surface area contributed by atoms with Crippen LogP contribution in [-0.2, 0) is 13.0 Å². The quantitative estimate of drug-likeness (QED) is 0.582. The van der Waals surface area contributed by atoms with Crippen LogP contribution < -0.4 is 5.32 Å². The lowest BCUT2D eigenvalue weighted by molar-refractivity contribution is 0.0752. The maximum absolute atomic E-state index is 12.9. The van der Waals surface area contributed by atoms with E-state index >= 15 is 0 Å². The van der Waals surface area contributed by atoms with Crippen molar-refractivity contribution in [2.45, 2.75) is 19.9 Å². The minimum atomic E-state index is 0.00880. The summed E-state index contributed by atoms with van der Waals surface area (Å²) in [6, 6.07) is 21.4. The normalized spacial score (nSPS) is 10.5. The van der Waals surface area contributed by atoms with Gasteiger partial charge in [-0.3, -0.25) is 4.79 Å². The van der Waals surface area contributed by atoms with Crippen molar-refractivity contribution >= 4 is 23.3 Å². The number of benzene rings is 2. The highest BCUT2D eigenvalue weighted by molar-refractivity contribution is 6.30. The minimum absolute atomic E-state index is 0.00880. The van der Waals surface area contributed by atoms with Gasteiger partial charge in [-0.25, -0.2) is 4.98 Å². The first kappa shape index (κ1) is 19.9. The lowest BCUT2D eigenvalue weighted by atomic mass is 10.1. The summed E-state index contributed by atoms with van der Waals surface area (Å²) in [5.41, 5.74) is 2.96. The maximum Gasteiger partial charge on any atom is 0.254 e. The fourth-order valence-electron chi connectivity index (χ4n) is 2.96. The number of carbonyl (C=O) groups excluding carboxylic acids is 1. The highest BCUT2D eigenvalue weighted by Gasteiger charge is 2.15. The van der Waals surface area contributed by atoms with E-state index < -0.39 is 0 Å². The van der Waals surface area contributed by atoms with E-state index in [4.69, 9.17) is 11.6 Å². The first-order valence-electron chi connectivity index (χ1n) is 9.43. The smallest absolute Gasteiger partial charge is 0.254 e. The summed E-state index contributed by atoms with van der Waals surface area (Å²) in [4.78, 5) is 19.1. The van der Waals surface area contributed by atoms with Gasteiger partial charge in [-0.2, -0.15) is 0 Å². The Kier molecular flexibility index (Phi) is 7.04. The van der Waals surface area contributed by atoms with Gasteiger partial charge >= 0.3 is 0 Å². The number of nitrogens with zero attached hydrogens (tertiary/aromatic N) is 2. The summed E-state index contributed by atoms with van der Waals surface area (Å²) in [5.74, 6) is 0.713. The molecule has 4 nitrogen and oxygen atoms in total. The molecule has 0 spiro atoms. The molecule has 0 unspecified atom stereocenters. The molecule has 144 valence electrons. The Morgan fingerprint density at radius 2 is 1.79 bits per heavy atom. The van der Waals surface area contributed by atoms with Gasteiger partial charge in [0.05, 0.1) is 0 Å². The molecule has 0 atom stereocenters. The van der Waals surface area contributed by atoms with Crippen molar-refractivity contribution in [3.8, 4) is 0 Å². The summed E-state index contributed by atoms with van der Waals surface area (Å²) in [7, 11) is 0. The Balaban J connectivity index is 1.60. The second-order valence-corrected chi connectivity index (χ2v) is 6.97. The van der Waals surface area contributed by atoms with Crippen LogP contribution >= 0.6 is 11.6 Å². The average molecular weight is 394 g/mol. The summed E-state index contributed by atoms with van der Waals surface area (Å²) < 4.78 is 0. The van der Waals surface area contributed by atoms with Gasteiger partial charge in [0.2, 0.25) is 0 Å². The SMILES string of the molecule is CCN(Cc1ccccc1)C(=O)c1ccnc(NCCc2ccc(Cl)cc2)c1. The predicted octanol–water partition coefficient (Wildman–Crippen LogP) is 5.05. The van der Waals surface area contributed by atoms with E-state index in [0.29, 0.717) is 24.5 Å². The Morgan fingerprint density at radius 1 is 1.04 bits per heavy atom. The first-order chi connectivity index (χ1) is 13.7. The van der Waals surface area contributed by atoms with Gasteiger partial charge in [0.25, 0.3) is 5.91 Å². The van der Waals surface area contributed by atoms with Gasteiger partial charge in [0, 0.05) is 36.4 Å². The Bertz CT molecular complexity index is 897. The minimum Gasteiger partial charge on any atom is -0.370 e. The van der Waals surface area contributed by atoms with E-state index in [1.165, 1.54) is 5.56 Å². The number of nitrogens with one attached hydrogen (secondary N) is 1. The highest BCUT2D eigenvalue weighted by atomic mass is 35.5. The van der Waals surface area contributed by atoms with E-state index in [-0.39, 0.29) is 5.91 Å². The second kappa shape index (κ2) is 9.90. The zero-order chi connectivity index (χ0) is 19.8. The van der Waals surface area contributed by atoms with Gasteiger partial charge < -0.3 is 10.2 Å². The molecule has 0 saturated carbocycles. The summed E-state index contributed by atoms with van der Waals surface area (Å²) in [6.07, 6.45) is 2.53. The molecule has 0 radical (unpaired) electrons. The number of amides is 1. The van der Waals surface area contributed by atoms with Crippen LogP contribution in [0.3, 0.4) is 0 Å². The van der Waals surface area contributed by atoms with Crippen LogP contribution in [0.25, 0.3) is 0 Å². The molecule has 3 aromatic rings. The van der Waals surface area contributed by atoms with Crippen LogP contribution in [0, 0.1) is 0 Å². The molecular formula is C23H24ClN3O. The van der Waals surface area contributed by atoms with Gasteiger partial charge in [-0.1, -0.05) is 54.1 Å². The first-order valence-corrected chi connectivity index (χ1v) is 9.81. The molecule has 1 heterocycles. The number of hydrogen-bond acceptors (Lipinski definition) is 3. The molecule has 2 aromatic carbocycles. The van der Waals surface area contributed by atoms with E-state index in [1.807, 2.05) is 72.5 Å². The summed E-state index contributed by atoms with van der Waals surface area (Å²) in [6.45, 7) is 3.97. The van der Waals surface area contributed by atoms with Crippen molar-refractivity contribution in [3.05, 3.63) is 94.6 Å². The van der Waals surface area contributed by atoms with Crippen molar-refractivity contribution in [2.75, 3.05) is 18.4 Å². The van der Waals surface area contributed by atoms with Crippen LogP contribution in [0.15, 0.2) is 72.9 Å². The molecule has 1 aromatic heterocycles. The molecule has 0 fully saturated rings. The highest BCUT2D eigenvalue weighted by Crippen LogP contribution is 2.14. The molecule has 0 aliphatic rings. The molecule has 28 heavy (non-hydrogen) atoms. The van der Waals surface area contributed by atoms with Gasteiger partial charge in [0.1, 0.15) is 5.82 Å². The molecular weight excluding hydrogens is 370 g/mol. The number of hydrogen-bond donors (Lipinski definition) is 1. The van der Waals surface area contributed by atoms with Crippen LogP contribution in [0.1, 0.15) is 28.4 Å². The number of aromatic nitrogens is 1. The number of carbonyl (C=O) groups is 1. The van der Waals surface area contributed by atoms with Crippen molar-refractivity contribution in [3.63, 3.8) is 0 Å². The van der Waals surface area contributed by atoms with Crippen molar-refractivity contribution in [1.29, 1.82) is 0 Å². The van der Waals surface area contributed by atoms with E-state index in [1.54, 1.807) is 12.3 Å². The third-order valence-corrected chi connectivity index (χ3v) is 4.78. The zero-order valence-corrected chi connectivity index (χ0v) is 16.7. The van der Waals surface area contributed by atoms with Gasteiger partial charge in [-0.15, -0.1) is 0 Å². The fourth-order valence-corrected chi connectivity index (χ4v) is 3.09. The van der Waals surface area contributed by atoms with Crippen LogP contribution in [0.4, 0.5) is 5.82 Å². The molecule has 0 aliphatic heterocycles. The van der Waals surface area contributed by atoms with Gasteiger partial charge in [-0.05, 0) is 48.7 Å². The molecule has 1 amide bonds. The lowest BCUT2D eigenvalue weighted by Crippen LogP contribution is -2.30. The van der Waals surface area contributed by atoms with Gasteiger partial charge in [0.15, 0.2) is 0 Å². The number of halogens is 1. The topological polar surface area (TPSA) is 45.2 Å². The molecule has 3 rings (SSSR count). The second-order valence-electron chi connectivity index (χ2n) is 6.54. The standard InChI is InChI=1S/C23H24ClN3O/c1-2-27(17-19-6-4-3-5-7-19)23(28)20-13-15-26-22(16-20)25-14-12-18-8-10-21(24)11-9-18/h3-11,13,15-16H,2,12,14,17H2,1H3,(H,25,26). The Hall–Kier alpha value is -2.85. The lowest BCUT2D eigenvalue weighted by Gasteiger charge is -2.21. The average Bonchev–Trinajstić information content (AvgIpc) is 2.74. The van der Waals surface area contributed by atoms with E-state index in [9.17, 15) is 4.79 Å². The largest absolute Gasteiger partial charge is 0.370 e. The third-order valence-electron chi connectivity index (χ3n) is 4.53. The Morgan fingerprint density at radius 3 is 2.50 bits per heavy atom. The van der Waals surface area contributed by atoms with E-state index in [0.717, 1.165) is 23.6 Å². The number of pyridine rings is 1. The molecule has 5 heteroatoms. The number of rotatable bonds is 8. The predicted molar refractivity (Wildman–Crippen MR) is 115 cm³/mol. The monoisotopic (exact) mass is 393 g/mol.